The van der Waals surface area contributed by atoms with Crippen molar-refractivity contribution in [2.75, 3.05) is 0 Å². The number of aromatic nitrogens is 5. The van der Waals surface area contributed by atoms with Crippen molar-refractivity contribution in [2.45, 2.75) is 0 Å². The maximum Gasteiger partial charge on any atom is 0.164 e. The molecule has 0 aliphatic rings. The summed E-state index contributed by atoms with van der Waals surface area (Å²) in [6.45, 7) is 0. The van der Waals surface area contributed by atoms with Crippen molar-refractivity contribution in [3.63, 3.8) is 0 Å². The summed E-state index contributed by atoms with van der Waals surface area (Å²) >= 11 is 0. The van der Waals surface area contributed by atoms with E-state index in [0.717, 1.165) is 66.8 Å². The predicted octanol–water partition coefficient (Wildman–Crippen LogP) is 14.4. The molecule has 0 aliphatic heterocycles. The fourth-order valence-corrected chi connectivity index (χ4v) is 9.31. The molecule has 0 saturated carbocycles. The molecule has 0 atom stereocenters. The average Bonchev–Trinajstić information content (AvgIpc) is 3.88. The van der Waals surface area contributed by atoms with E-state index < -0.39 is 0 Å². The standard InChI is InChI=1S/C57H37N5/c1-6-21-38(22-7-1)49-51-45-33-16-18-35-47(45)62(44-31-14-5-15-32-44)54(51)50(52-46-34-17-19-36-48(46)61(53(49)52)43-29-12-4-13-30-43)41-27-20-28-42(37-41)57-59-55(39-23-8-2-9-24-39)58-56(60-57)40-25-10-3-11-26-40/h1-37H. The Morgan fingerprint density at radius 2 is 0.613 bits per heavy atom. The second-order valence-electron chi connectivity index (χ2n) is 15.6. The Hall–Kier alpha value is -8.41. The summed E-state index contributed by atoms with van der Waals surface area (Å²) in [7, 11) is 0. The molecule has 9 aromatic carbocycles. The number of rotatable bonds is 7. The topological polar surface area (TPSA) is 48.5 Å². The molecule has 0 unspecified atom stereocenters. The largest absolute Gasteiger partial charge is 0.309 e. The van der Waals surface area contributed by atoms with Gasteiger partial charge in [0.05, 0.1) is 22.1 Å². The maximum atomic E-state index is 5.17. The molecule has 0 radical (unpaired) electrons. The quantitative estimate of drug-likeness (QED) is 0.162. The summed E-state index contributed by atoms with van der Waals surface area (Å²) < 4.78 is 4.94. The van der Waals surface area contributed by atoms with Gasteiger partial charge in [-0.1, -0.05) is 182 Å². The highest BCUT2D eigenvalue weighted by atomic mass is 15.0. The van der Waals surface area contributed by atoms with Crippen molar-refractivity contribution >= 4 is 43.6 Å². The Morgan fingerprint density at radius 3 is 1.08 bits per heavy atom. The van der Waals surface area contributed by atoms with Crippen LogP contribution in [0, 0.1) is 0 Å². The zero-order chi connectivity index (χ0) is 41.0. The summed E-state index contributed by atoms with van der Waals surface area (Å²) in [5.74, 6) is 1.88. The maximum absolute atomic E-state index is 5.17. The Labute approximate surface area is 358 Å². The molecule has 62 heavy (non-hydrogen) atoms. The first-order valence-electron chi connectivity index (χ1n) is 21.0. The molecule has 0 N–H and O–H groups in total. The van der Waals surface area contributed by atoms with Crippen LogP contribution in [0.3, 0.4) is 0 Å². The lowest BCUT2D eigenvalue weighted by atomic mass is 9.89. The van der Waals surface area contributed by atoms with Crippen LogP contribution in [0.5, 0.6) is 0 Å². The molecule has 0 amide bonds. The number of benzene rings is 9. The highest BCUT2D eigenvalue weighted by Gasteiger charge is 2.29. The Bertz CT molecular complexity index is 3530. The van der Waals surface area contributed by atoms with Gasteiger partial charge in [-0.15, -0.1) is 0 Å². The molecule has 0 bridgehead atoms. The average molecular weight is 792 g/mol. The fraction of sp³-hybridized carbons (Fsp3) is 0. The lowest BCUT2D eigenvalue weighted by Crippen LogP contribution is -2.01. The third kappa shape index (κ3) is 5.75. The van der Waals surface area contributed by atoms with Gasteiger partial charge in [0.2, 0.25) is 0 Å². The third-order valence-corrected chi connectivity index (χ3v) is 11.9. The summed E-state index contributed by atoms with van der Waals surface area (Å²) in [6, 6.07) is 79.3. The van der Waals surface area contributed by atoms with Crippen LogP contribution in [0.4, 0.5) is 0 Å². The minimum absolute atomic E-state index is 0.614. The smallest absolute Gasteiger partial charge is 0.164 e. The van der Waals surface area contributed by atoms with Crippen LogP contribution in [-0.2, 0) is 0 Å². The third-order valence-electron chi connectivity index (χ3n) is 11.9. The molecule has 0 saturated heterocycles. The molecule has 5 heteroatoms. The van der Waals surface area contributed by atoms with Gasteiger partial charge in [0.25, 0.3) is 0 Å². The van der Waals surface area contributed by atoms with Crippen LogP contribution in [0.25, 0.3) is 111 Å². The molecular formula is C57H37N5. The van der Waals surface area contributed by atoms with Crippen LogP contribution in [0.1, 0.15) is 0 Å². The number of hydrogen-bond donors (Lipinski definition) is 0. The van der Waals surface area contributed by atoms with Crippen molar-refractivity contribution in [1.29, 1.82) is 0 Å². The second kappa shape index (κ2) is 14.7. The monoisotopic (exact) mass is 791 g/mol. The SMILES string of the molecule is c1ccc(-c2nc(-c3ccccc3)nc(-c3cccc(-c4c5c6ccccc6n(-c6ccccc6)c5c(-c5ccccc5)c5c6ccccc6n(-c6ccccc6)c45)c3)n2)cc1. The van der Waals surface area contributed by atoms with Gasteiger partial charge in [0.15, 0.2) is 17.5 Å². The van der Waals surface area contributed by atoms with Gasteiger partial charge in [-0.2, -0.15) is 0 Å². The first-order valence-corrected chi connectivity index (χ1v) is 21.0. The van der Waals surface area contributed by atoms with Crippen molar-refractivity contribution in [3.05, 3.63) is 224 Å². The van der Waals surface area contributed by atoms with Crippen molar-refractivity contribution < 1.29 is 0 Å². The zero-order valence-corrected chi connectivity index (χ0v) is 33.6. The Balaban J connectivity index is 1.27. The number of fused-ring (bicyclic) bond motifs is 6. The molecule has 3 aromatic heterocycles. The molecule has 12 aromatic rings. The van der Waals surface area contributed by atoms with E-state index in [9.17, 15) is 0 Å². The predicted molar refractivity (Wildman–Crippen MR) is 256 cm³/mol. The van der Waals surface area contributed by atoms with E-state index in [1.165, 1.54) is 27.1 Å². The summed E-state index contributed by atoms with van der Waals surface area (Å²) in [6.07, 6.45) is 0. The van der Waals surface area contributed by atoms with Crippen LogP contribution >= 0.6 is 0 Å². The second-order valence-corrected chi connectivity index (χ2v) is 15.6. The van der Waals surface area contributed by atoms with Crippen molar-refractivity contribution in [3.8, 4) is 67.8 Å². The van der Waals surface area contributed by atoms with Gasteiger partial charge >= 0.3 is 0 Å². The normalized spacial score (nSPS) is 11.5. The van der Waals surface area contributed by atoms with E-state index in [1.807, 2.05) is 36.4 Å². The number of hydrogen-bond acceptors (Lipinski definition) is 3. The Kier molecular flexibility index (Phi) is 8.42. The van der Waals surface area contributed by atoms with Gasteiger partial charge in [-0.05, 0) is 53.6 Å². The van der Waals surface area contributed by atoms with Crippen LogP contribution < -0.4 is 0 Å². The van der Waals surface area contributed by atoms with Crippen LogP contribution in [-0.4, -0.2) is 24.1 Å². The summed E-state index contributed by atoms with van der Waals surface area (Å²) in [4.78, 5) is 15.4. The first kappa shape index (κ1) is 35.5. The van der Waals surface area contributed by atoms with Gasteiger partial charge in [-0.3, -0.25) is 0 Å². The molecule has 0 spiro atoms. The van der Waals surface area contributed by atoms with Crippen molar-refractivity contribution in [1.82, 2.24) is 24.1 Å². The highest BCUT2D eigenvalue weighted by molar-refractivity contribution is 6.33. The zero-order valence-electron chi connectivity index (χ0n) is 33.6. The van der Waals surface area contributed by atoms with E-state index in [0.29, 0.717) is 17.5 Å². The van der Waals surface area contributed by atoms with E-state index in [1.54, 1.807) is 0 Å². The van der Waals surface area contributed by atoms with Crippen LogP contribution in [0.2, 0.25) is 0 Å². The van der Waals surface area contributed by atoms with Gasteiger partial charge in [0, 0.05) is 60.7 Å². The summed E-state index contributed by atoms with van der Waals surface area (Å²) in [5, 5.41) is 4.74. The van der Waals surface area contributed by atoms with Gasteiger partial charge in [0.1, 0.15) is 0 Å². The molecule has 12 rings (SSSR count). The van der Waals surface area contributed by atoms with E-state index in [4.69, 9.17) is 15.0 Å². The minimum atomic E-state index is 0.614. The first-order chi connectivity index (χ1) is 30.8. The van der Waals surface area contributed by atoms with Crippen LogP contribution in [0.15, 0.2) is 224 Å². The fourth-order valence-electron chi connectivity index (χ4n) is 9.31. The van der Waals surface area contributed by atoms with E-state index >= 15 is 0 Å². The van der Waals surface area contributed by atoms with E-state index in [-0.39, 0.29) is 0 Å². The number of nitrogens with zero attached hydrogens (tertiary/aromatic N) is 5. The lowest BCUT2D eigenvalue weighted by Gasteiger charge is -2.19. The molecular weight excluding hydrogens is 755 g/mol. The molecule has 5 nitrogen and oxygen atoms in total. The lowest BCUT2D eigenvalue weighted by molar-refractivity contribution is 1.07. The van der Waals surface area contributed by atoms with Gasteiger partial charge < -0.3 is 9.13 Å². The van der Waals surface area contributed by atoms with E-state index in [2.05, 4.69) is 197 Å². The molecule has 0 aliphatic carbocycles. The Morgan fingerprint density at radius 1 is 0.274 bits per heavy atom. The van der Waals surface area contributed by atoms with Gasteiger partial charge in [-0.25, -0.2) is 15.0 Å². The molecule has 290 valence electrons. The number of para-hydroxylation sites is 4. The molecule has 0 fully saturated rings. The molecule has 3 heterocycles. The summed E-state index contributed by atoms with van der Waals surface area (Å²) in [5.41, 5.74) is 14.1. The van der Waals surface area contributed by atoms with Crippen molar-refractivity contribution in [2.24, 2.45) is 0 Å². The minimum Gasteiger partial charge on any atom is -0.309 e. The highest BCUT2D eigenvalue weighted by Crippen LogP contribution is 2.52.